The van der Waals surface area contributed by atoms with Crippen LogP contribution < -0.4 is 15.4 Å². The summed E-state index contributed by atoms with van der Waals surface area (Å²) in [5.74, 6) is 2.00. The quantitative estimate of drug-likeness (QED) is 0.405. The standard InChI is InChI=1S/C21H34N4O/c1-2-22-21(23-11-3-4-13-25-14-5-6-15-25)24-12-9-18-7-8-20-19(17-18)10-16-26-20/h7-8,17H,2-6,9-16H2,1H3,(H2,22,23,24). The highest BCUT2D eigenvalue weighted by Gasteiger charge is 2.12. The van der Waals surface area contributed by atoms with Crippen LogP contribution in [0.4, 0.5) is 0 Å². The highest BCUT2D eigenvalue weighted by atomic mass is 16.5. The smallest absolute Gasteiger partial charge is 0.191 e. The maximum absolute atomic E-state index is 5.58. The molecule has 0 atom stereocenters. The second-order valence-electron chi connectivity index (χ2n) is 7.23. The number of benzene rings is 1. The topological polar surface area (TPSA) is 48.9 Å². The first kappa shape index (κ1) is 19.0. The summed E-state index contributed by atoms with van der Waals surface area (Å²) in [6.07, 6.45) is 7.22. The van der Waals surface area contributed by atoms with Crippen LogP contribution in [0.3, 0.4) is 0 Å². The van der Waals surface area contributed by atoms with E-state index >= 15 is 0 Å². The normalized spacial score (nSPS) is 17.2. The number of rotatable bonds is 9. The van der Waals surface area contributed by atoms with E-state index in [0.717, 1.165) is 57.2 Å². The third-order valence-corrected chi connectivity index (χ3v) is 5.16. The zero-order valence-corrected chi connectivity index (χ0v) is 16.2. The van der Waals surface area contributed by atoms with E-state index < -0.39 is 0 Å². The molecule has 0 aliphatic carbocycles. The number of likely N-dealkylation sites (tertiary alicyclic amines) is 1. The van der Waals surface area contributed by atoms with E-state index in [1.807, 2.05) is 0 Å². The minimum Gasteiger partial charge on any atom is -0.493 e. The Hall–Kier alpha value is -1.75. The molecular weight excluding hydrogens is 324 g/mol. The lowest BCUT2D eigenvalue weighted by Gasteiger charge is -2.14. The number of ether oxygens (including phenoxy) is 1. The van der Waals surface area contributed by atoms with Gasteiger partial charge in [0.05, 0.1) is 6.61 Å². The molecule has 2 heterocycles. The Bertz CT molecular complexity index is 581. The number of nitrogens with one attached hydrogen (secondary N) is 2. The Balaban J connectivity index is 1.35. The molecule has 0 saturated carbocycles. The van der Waals surface area contributed by atoms with E-state index in [2.05, 4.69) is 40.7 Å². The van der Waals surface area contributed by atoms with Crippen LogP contribution >= 0.6 is 0 Å². The van der Waals surface area contributed by atoms with Crippen LogP contribution in [0, 0.1) is 0 Å². The molecule has 1 fully saturated rings. The summed E-state index contributed by atoms with van der Waals surface area (Å²) < 4.78 is 5.58. The van der Waals surface area contributed by atoms with E-state index in [1.165, 1.54) is 50.0 Å². The molecule has 26 heavy (non-hydrogen) atoms. The number of hydrogen-bond donors (Lipinski definition) is 2. The van der Waals surface area contributed by atoms with Crippen LogP contribution in [0.25, 0.3) is 0 Å². The molecular formula is C21H34N4O. The molecule has 0 unspecified atom stereocenters. The van der Waals surface area contributed by atoms with Crippen LogP contribution in [0.5, 0.6) is 5.75 Å². The van der Waals surface area contributed by atoms with Gasteiger partial charge in [-0.3, -0.25) is 4.99 Å². The molecule has 1 aromatic rings. The van der Waals surface area contributed by atoms with Gasteiger partial charge in [-0.2, -0.15) is 0 Å². The Morgan fingerprint density at radius 2 is 2.08 bits per heavy atom. The molecule has 3 rings (SSSR count). The van der Waals surface area contributed by atoms with Gasteiger partial charge >= 0.3 is 0 Å². The Labute approximate surface area is 158 Å². The van der Waals surface area contributed by atoms with Crippen molar-refractivity contribution in [2.75, 3.05) is 45.9 Å². The van der Waals surface area contributed by atoms with Crippen LogP contribution in [0.2, 0.25) is 0 Å². The van der Waals surface area contributed by atoms with E-state index in [-0.39, 0.29) is 0 Å². The zero-order valence-electron chi connectivity index (χ0n) is 16.2. The lowest BCUT2D eigenvalue weighted by molar-refractivity contribution is 0.331. The molecule has 5 nitrogen and oxygen atoms in total. The van der Waals surface area contributed by atoms with Crippen molar-refractivity contribution >= 4 is 5.96 Å². The van der Waals surface area contributed by atoms with Crippen LogP contribution in [-0.2, 0) is 12.8 Å². The number of aliphatic imine (C=N–C) groups is 1. The maximum atomic E-state index is 5.58. The summed E-state index contributed by atoms with van der Waals surface area (Å²) >= 11 is 0. The van der Waals surface area contributed by atoms with Crippen LogP contribution in [0.15, 0.2) is 23.2 Å². The molecule has 2 aliphatic heterocycles. The van der Waals surface area contributed by atoms with E-state index in [0.29, 0.717) is 0 Å². The number of fused-ring (bicyclic) bond motifs is 1. The molecule has 0 aromatic heterocycles. The van der Waals surface area contributed by atoms with E-state index in [1.54, 1.807) is 0 Å². The Morgan fingerprint density at radius 3 is 2.92 bits per heavy atom. The second-order valence-corrected chi connectivity index (χ2v) is 7.23. The highest BCUT2D eigenvalue weighted by molar-refractivity contribution is 5.79. The highest BCUT2D eigenvalue weighted by Crippen LogP contribution is 2.25. The Kier molecular flexibility index (Phi) is 7.62. The molecule has 1 saturated heterocycles. The first-order valence-corrected chi connectivity index (χ1v) is 10.3. The average Bonchev–Trinajstić information content (AvgIpc) is 3.32. The average molecular weight is 359 g/mol. The van der Waals surface area contributed by atoms with Crippen molar-refractivity contribution in [2.45, 2.75) is 45.4 Å². The molecule has 0 spiro atoms. The van der Waals surface area contributed by atoms with Gasteiger partial charge in [0.2, 0.25) is 0 Å². The lowest BCUT2D eigenvalue weighted by Crippen LogP contribution is -2.38. The van der Waals surface area contributed by atoms with Gasteiger partial charge in [0.15, 0.2) is 5.96 Å². The molecule has 2 N–H and O–H groups in total. The van der Waals surface area contributed by atoms with E-state index in [9.17, 15) is 0 Å². The summed E-state index contributed by atoms with van der Waals surface area (Å²) in [6.45, 7) is 9.47. The summed E-state index contributed by atoms with van der Waals surface area (Å²) in [5.41, 5.74) is 2.71. The maximum Gasteiger partial charge on any atom is 0.191 e. The first-order chi connectivity index (χ1) is 12.8. The number of hydrogen-bond acceptors (Lipinski definition) is 3. The van der Waals surface area contributed by atoms with Crippen molar-refractivity contribution in [3.63, 3.8) is 0 Å². The molecule has 0 bridgehead atoms. The van der Waals surface area contributed by atoms with Crippen molar-refractivity contribution in [3.8, 4) is 5.75 Å². The molecule has 5 heteroatoms. The van der Waals surface area contributed by atoms with Gasteiger partial charge in [-0.1, -0.05) is 12.1 Å². The van der Waals surface area contributed by atoms with Gasteiger partial charge in [0, 0.05) is 26.1 Å². The predicted molar refractivity (Wildman–Crippen MR) is 108 cm³/mol. The third-order valence-electron chi connectivity index (χ3n) is 5.16. The van der Waals surface area contributed by atoms with Crippen molar-refractivity contribution in [2.24, 2.45) is 4.99 Å². The third kappa shape index (κ3) is 5.90. The molecule has 144 valence electrons. The summed E-state index contributed by atoms with van der Waals surface area (Å²) in [7, 11) is 0. The predicted octanol–water partition coefficient (Wildman–Crippen LogP) is 2.60. The van der Waals surface area contributed by atoms with Gasteiger partial charge in [0.1, 0.15) is 5.75 Å². The fourth-order valence-corrected chi connectivity index (χ4v) is 3.71. The van der Waals surface area contributed by atoms with Crippen LogP contribution in [0.1, 0.15) is 43.7 Å². The van der Waals surface area contributed by atoms with Gasteiger partial charge < -0.3 is 20.3 Å². The van der Waals surface area contributed by atoms with Crippen molar-refractivity contribution < 1.29 is 4.74 Å². The van der Waals surface area contributed by atoms with Crippen molar-refractivity contribution in [1.29, 1.82) is 0 Å². The SMILES string of the molecule is CCNC(=NCCCCN1CCCC1)NCCc1ccc2c(c1)CCO2. The van der Waals surface area contributed by atoms with Crippen LogP contribution in [-0.4, -0.2) is 56.7 Å². The van der Waals surface area contributed by atoms with Gasteiger partial charge in [0.25, 0.3) is 0 Å². The number of nitrogens with zero attached hydrogens (tertiary/aromatic N) is 2. The molecule has 0 amide bonds. The summed E-state index contributed by atoms with van der Waals surface area (Å²) in [4.78, 5) is 7.30. The monoisotopic (exact) mass is 358 g/mol. The second kappa shape index (κ2) is 10.4. The minimum atomic E-state index is 0.825. The van der Waals surface area contributed by atoms with Crippen molar-refractivity contribution in [1.82, 2.24) is 15.5 Å². The minimum absolute atomic E-state index is 0.825. The van der Waals surface area contributed by atoms with E-state index in [4.69, 9.17) is 9.73 Å². The fraction of sp³-hybridized carbons (Fsp3) is 0.667. The fourth-order valence-electron chi connectivity index (χ4n) is 3.71. The summed E-state index contributed by atoms with van der Waals surface area (Å²) in [5, 5.41) is 6.82. The van der Waals surface area contributed by atoms with Gasteiger partial charge in [-0.05, 0) is 75.9 Å². The molecule has 1 aromatic carbocycles. The van der Waals surface area contributed by atoms with Gasteiger partial charge in [-0.15, -0.1) is 0 Å². The molecule has 2 aliphatic rings. The molecule has 0 radical (unpaired) electrons. The number of guanidine groups is 1. The first-order valence-electron chi connectivity index (χ1n) is 10.3. The number of unbranched alkanes of at least 4 members (excludes halogenated alkanes) is 1. The summed E-state index contributed by atoms with van der Waals surface area (Å²) in [6, 6.07) is 6.57. The largest absolute Gasteiger partial charge is 0.493 e. The zero-order chi connectivity index (χ0) is 18.0. The van der Waals surface area contributed by atoms with Gasteiger partial charge in [-0.25, -0.2) is 0 Å². The lowest BCUT2D eigenvalue weighted by atomic mass is 10.1. The van der Waals surface area contributed by atoms with Crippen molar-refractivity contribution in [3.05, 3.63) is 29.3 Å². The Morgan fingerprint density at radius 1 is 1.19 bits per heavy atom.